The number of aryl methyl sites for hydroxylation is 2. The van der Waals surface area contributed by atoms with Crippen LogP contribution in [0.2, 0.25) is 0 Å². The molecule has 0 atom stereocenters. The van der Waals surface area contributed by atoms with Gasteiger partial charge in [-0.05, 0) is 37.5 Å². The lowest BCUT2D eigenvalue weighted by Gasteiger charge is -2.21. The van der Waals surface area contributed by atoms with Crippen molar-refractivity contribution in [3.63, 3.8) is 0 Å². The predicted octanol–water partition coefficient (Wildman–Crippen LogP) is 3.81. The highest BCUT2D eigenvalue weighted by molar-refractivity contribution is 5.97. The molecule has 0 saturated carbocycles. The number of nitrogens with zero attached hydrogens (tertiary/aromatic N) is 4. The van der Waals surface area contributed by atoms with Crippen LogP contribution in [-0.2, 0) is 17.8 Å². The van der Waals surface area contributed by atoms with E-state index >= 15 is 0 Å². The van der Waals surface area contributed by atoms with Gasteiger partial charge in [0.25, 0.3) is 0 Å². The van der Waals surface area contributed by atoms with Crippen LogP contribution in [0.3, 0.4) is 0 Å². The molecule has 0 spiro atoms. The maximum absolute atomic E-state index is 12.9. The number of hydrogen-bond donors (Lipinski definition) is 1. The Balaban J connectivity index is 1.52. The molecule has 1 aliphatic rings. The Bertz CT molecular complexity index is 1000. The highest BCUT2D eigenvalue weighted by atomic mass is 16.2. The number of amides is 1. The van der Waals surface area contributed by atoms with Gasteiger partial charge in [0.2, 0.25) is 5.91 Å². The minimum Gasteiger partial charge on any atom is -0.370 e. The summed E-state index contributed by atoms with van der Waals surface area (Å²) in [7, 11) is 1.90. The fourth-order valence-corrected chi connectivity index (χ4v) is 3.74. The number of benzene rings is 2. The fraction of sp³-hybridized carbons (Fsp3) is 0.292. The molecular formula is C24H27N5O. The maximum atomic E-state index is 12.9. The van der Waals surface area contributed by atoms with Crippen molar-refractivity contribution in [1.82, 2.24) is 9.97 Å². The molecule has 1 N–H and O–H groups in total. The van der Waals surface area contributed by atoms with Crippen molar-refractivity contribution in [2.75, 3.05) is 35.3 Å². The van der Waals surface area contributed by atoms with Crippen LogP contribution in [0.1, 0.15) is 23.1 Å². The zero-order valence-corrected chi connectivity index (χ0v) is 17.5. The molecule has 6 heteroatoms. The molecule has 0 radical (unpaired) electrons. The standard InChI is InChI=1S/C24H27N5O/c1-18-10-12-20(13-11-18)29-15-21-23(25-14-6-9-19-7-4-3-5-8-19)26-17-27-24(21)28(2)16-22(29)30/h3-5,7-8,10-13,17H,6,9,14-16H2,1-2H3,(H,25,26,27). The van der Waals surface area contributed by atoms with Gasteiger partial charge in [0.15, 0.2) is 0 Å². The Hall–Kier alpha value is -3.41. The Morgan fingerprint density at radius 3 is 2.53 bits per heavy atom. The first-order valence-electron chi connectivity index (χ1n) is 10.3. The van der Waals surface area contributed by atoms with Gasteiger partial charge in [0.05, 0.1) is 18.7 Å². The summed E-state index contributed by atoms with van der Waals surface area (Å²) in [6.07, 6.45) is 3.58. The minimum absolute atomic E-state index is 0.0504. The highest BCUT2D eigenvalue weighted by Gasteiger charge is 2.27. The van der Waals surface area contributed by atoms with Crippen molar-refractivity contribution < 1.29 is 4.79 Å². The highest BCUT2D eigenvalue weighted by Crippen LogP contribution is 2.30. The van der Waals surface area contributed by atoms with Gasteiger partial charge in [-0.2, -0.15) is 0 Å². The molecule has 1 aromatic heterocycles. The summed E-state index contributed by atoms with van der Waals surface area (Å²) in [5, 5.41) is 3.47. The smallest absolute Gasteiger partial charge is 0.246 e. The average Bonchev–Trinajstić information content (AvgIpc) is 2.89. The number of likely N-dealkylation sites (N-methyl/N-ethyl adjacent to an activating group) is 1. The molecule has 4 rings (SSSR count). The van der Waals surface area contributed by atoms with E-state index in [0.29, 0.717) is 6.54 Å². The van der Waals surface area contributed by atoms with Crippen LogP contribution in [0, 0.1) is 6.92 Å². The molecule has 0 bridgehead atoms. The zero-order chi connectivity index (χ0) is 20.9. The second-order valence-electron chi connectivity index (χ2n) is 7.71. The number of nitrogens with one attached hydrogen (secondary N) is 1. The molecule has 2 heterocycles. The zero-order valence-electron chi connectivity index (χ0n) is 17.5. The van der Waals surface area contributed by atoms with Crippen LogP contribution in [0.5, 0.6) is 0 Å². The third kappa shape index (κ3) is 4.43. The van der Waals surface area contributed by atoms with Crippen LogP contribution in [0.4, 0.5) is 17.3 Å². The first kappa shape index (κ1) is 19.9. The maximum Gasteiger partial charge on any atom is 0.246 e. The van der Waals surface area contributed by atoms with Crippen LogP contribution < -0.4 is 15.1 Å². The lowest BCUT2D eigenvalue weighted by molar-refractivity contribution is -0.117. The summed E-state index contributed by atoms with van der Waals surface area (Å²) in [5.74, 6) is 1.65. The van der Waals surface area contributed by atoms with E-state index in [1.54, 1.807) is 6.33 Å². The van der Waals surface area contributed by atoms with Gasteiger partial charge in [0.1, 0.15) is 18.0 Å². The van der Waals surface area contributed by atoms with Crippen molar-refractivity contribution in [3.8, 4) is 0 Å². The summed E-state index contributed by atoms with van der Waals surface area (Å²) < 4.78 is 0. The predicted molar refractivity (Wildman–Crippen MR) is 121 cm³/mol. The van der Waals surface area contributed by atoms with Crippen molar-refractivity contribution in [3.05, 3.63) is 77.6 Å². The number of fused-ring (bicyclic) bond motifs is 1. The molecule has 0 fully saturated rings. The monoisotopic (exact) mass is 401 g/mol. The Labute approximate surface area is 177 Å². The molecule has 2 aromatic carbocycles. The lowest BCUT2D eigenvalue weighted by Crippen LogP contribution is -2.35. The van der Waals surface area contributed by atoms with E-state index < -0.39 is 0 Å². The molecule has 0 saturated heterocycles. The first-order chi connectivity index (χ1) is 14.6. The third-order valence-electron chi connectivity index (χ3n) is 5.40. The van der Waals surface area contributed by atoms with Crippen LogP contribution in [0.15, 0.2) is 60.9 Å². The van der Waals surface area contributed by atoms with Crippen LogP contribution in [0.25, 0.3) is 0 Å². The van der Waals surface area contributed by atoms with Crippen LogP contribution >= 0.6 is 0 Å². The molecule has 0 aliphatic carbocycles. The van der Waals surface area contributed by atoms with Gasteiger partial charge >= 0.3 is 0 Å². The first-order valence-corrected chi connectivity index (χ1v) is 10.3. The third-order valence-corrected chi connectivity index (χ3v) is 5.40. The number of rotatable bonds is 6. The lowest BCUT2D eigenvalue weighted by atomic mass is 10.1. The van der Waals surface area contributed by atoms with Gasteiger partial charge in [-0.3, -0.25) is 4.79 Å². The van der Waals surface area contributed by atoms with Crippen molar-refractivity contribution in [2.45, 2.75) is 26.3 Å². The Kier molecular flexibility index (Phi) is 5.93. The molecule has 1 aliphatic heterocycles. The topological polar surface area (TPSA) is 61.4 Å². The average molecular weight is 402 g/mol. The summed E-state index contributed by atoms with van der Waals surface area (Å²) in [4.78, 5) is 25.6. The van der Waals surface area contributed by atoms with E-state index in [4.69, 9.17) is 0 Å². The molecule has 3 aromatic rings. The number of carbonyl (C=O) groups excluding carboxylic acids is 1. The molecule has 154 valence electrons. The van der Waals surface area contributed by atoms with Crippen molar-refractivity contribution in [2.24, 2.45) is 0 Å². The number of aromatic nitrogens is 2. The summed E-state index contributed by atoms with van der Waals surface area (Å²) in [6, 6.07) is 18.5. The molecule has 1 amide bonds. The number of carbonyl (C=O) groups is 1. The molecule has 0 unspecified atom stereocenters. The summed E-state index contributed by atoms with van der Waals surface area (Å²) in [6.45, 7) is 3.58. The van der Waals surface area contributed by atoms with Gasteiger partial charge in [-0.25, -0.2) is 9.97 Å². The summed E-state index contributed by atoms with van der Waals surface area (Å²) >= 11 is 0. The minimum atomic E-state index is 0.0504. The fourth-order valence-electron chi connectivity index (χ4n) is 3.74. The van der Waals surface area contributed by atoms with Crippen molar-refractivity contribution in [1.29, 1.82) is 0 Å². The van der Waals surface area contributed by atoms with E-state index in [1.165, 1.54) is 11.1 Å². The van der Waals surface area contributed by atoms with E-state index in [2.05, 4.69) is 39.6 Å². The SMILES string of the molecule is Cc1ccc(N2Cc3c(NCCCc4ccccc4)ncnc3N(C)CC2=O)cc1. The van der Waals surface area contributed by atoms with Gasteiger partial charge in [0, 0.05) is 19.3 Å². The molecule has 30 heavy (non-hydrogen) atoms. The number of hydrogen-bond acceptors (Lipinski definition) is 5. The van der Waals surface area contributed by atoms with Gasteiger partial charge in [-0.1, -0.05) is 48.0 Å². The van der Waals surface area contributed by atoms with E-state index in [1.807, 2.05) is 54.1 Å². The summed E-state index contributed by atoms with van der Waals surface area (Å²) in [5.41, 5.74) is 4.34. The molecular weight excluding hydrogens is 374 g/mol. The van der Waals surface area contributed by atoms with Crippen LogP contribution in [-0.4, -0.2) is 36.0 Å². The van der Waals surface area contributed by atoms with Gasteiger partial charge in [-0.15, -0.1) is 0 Å². The second-order valence-corrected chi connectivity index (χ2v) is 7.71. The Morgan fingerprint density at radius 2 is 1.77 bits per heavy atom. The Morgan fingerprint density at radius 1 is 1.00 bits per heavy atom. The van der Waals surface area contributed by atoms with E-state index in [-0.39, 0.29) is 12.5 Å². The largest absolute Gasteiger partial charge is 0.370 e. The molecule has 6 nitrogen and oxygen atoms in total. The quantitative estimate of drug-likeness (QED) is 0.637. The van der Waals surface area contributed by atoms with Gasteiger partial charge < -0.3 is 15.1 Å². The number of anilines is 3. The second kappa shape index (κ2) is 8.95. The van der Waals surface area contributed by atoms with E-state index in [0.717, 1.165) is 42.3 Å². The van der Waals surface area contributed by atoms with E-state index in [9.17, 15) is 4.79 Å². The normalized spacial score (nSPS) is 13.7. The van der Waals surface area contributed by atoms with Crippen molar-refractivity contribution >= 4 is 23.2 Å².